The van der Waals surface area contributed by atoms with Gasteiger partial charge in [-0.15, -0.1) is 11.8 Å². The normalized spacial score (nSPS) is 23.4. The zero-order chi connectivity index (χ0) is 28.6. The molecule has 9 heteroatoms. The highest BCUT2D eigenvalue weighted by atomic mass is 32.2. The van der Waals surface area contributed by atoms with E-state index in [2.05, 4.69) is 41.8 Å². The molecule has 1 saturated heterocycles. The highest BCUT2D eigenvalue weighted by molar-refractivity contribution is 7.99. The topological polar surface area (TPSA) is 131 Å². The van der Waals surface area contributed by atoms with Crippen molar-refractivity contribution in [2.75, 3.05) is 19.4 Å². The summed E-state index contributed by atoms with van der Waals surface area (Å²) in [4.78, 5) is 11.8. The molecule has 0 radical (unpaired) electrons. The number of aliphatic hydroxyl groups is 4. The summed E-state index contributed by atoms with van der Waals surface area (Å²) < 4.78 is 5.94. The highest BCUT2D eigenvalue weighted by Gasteiger charge is 2.44. The van der Waals surface area contributed by atoms with E-state index in [4.69, 9.17) is 4.74 Å². The van der Waals surface area contributed by atoms with Crippen LogP contribution in [0.1, 0.15) is 67.0 Å². The van der Waals surface area contributed by atoms with Crippen molar-refractivity contribution in [2.24, 2.45) is 0 Å². The number of thioether (sulfide) groups is 1. The fraction of sp³-hybridized carbons (Fsp3) is 0.567. The average molecular weight is 561 g/mol. The maximum absolute atomic E-state index is 11.8. The summed E-state index contributed by atoms with van der Waals surface area (Å²) >= 11 is 1.31. The molecule has 3 rings (SSSR count). The van der Waals surface area contributed by atoms with Gasteiger partial charge in [-0.2, -0.15) is 0 Å². The number of hydrogen-bond donors (Lipinski definition) is 6. The van der Waals surface area contributed by atoms with Gasteiger partial charge in [-0.3, -0.25) is 0 Å². The van der Waals surface area contributed by atoms with Crippen molar-refractivity contribution in [3.63, 3.8) is 0 Å². The Hall–Kier alpha value is -2.14. The van der Waals surface area contributed by atoms with Crippen LogP contribution >= 0.6 is 11.8 Å². The number of nitrogens with one attached hydrogen (secondary N) is 2. The lowest BCUT2D eigenvalue weighted by atomic mass is 9.91. The van der Waals surface area contributed by atoms with E-state index < -0.39 is 35.4 Å². The first-order chi connectivity index (χ1) is 18.5. The van der Waals surface area contributed by atoms with Crippen molar-refractivity contribution in [1.82, 2.24) is 10.6 Å². The van der Waals surface area contributed by atoms with E-state index in [0.717, 1.165) is 48.8 Å². The van der Waals surface area contributed by atoms with Gasteiger partial charge in [-0.25, -0.2) is 4.79 Å². The molecule has 8 nitrogen and oxygen atoms in total. The summed E-state index contributed by atoms with van der Waals surface area (Å²) in [5, 5.41) is 45.9. The minimum absolute atomic E-state index is 0.111. The number of urea groups is 1. The van der Waals surface area contributed by atoms with Crippen LogP contribution in [-0.2, 0) is 17.6 Å². The molecule has 0 spiro atoms. The molecule has 0 aromatic heterocycles. The Morgan fingerprint density at radius 1 is 0.974 bits per heavy atom. The number of hydrogen-bond acceptors (Lipinski definition) is 7. The van der Waals surface area contributed by atoms with E-state index in [1.807, 2.05) is 18.2 Å². The summed E-state index contributed by atoms with van der Waals surface area (Å²) in [6.45, 7) is 6.09. The highest BCUT2D eigenvalue weighted by Crippen LogP contribution is 2.36. The predicted molar refractivity (Wildman–Crippen MR) is 155 cm³/mol. The van der Waals surface area contributed by atoms with Crippen LogP contribution in [-0.4, -0.2) is 75.2 Å². The number of carbonyl (C=O) groups is 1. The molecule has 0 saturated carbocycles. The summed E-state index contributed by atoms with van der Waals surface area (Å²) in [5.41, 5.74) is 4.26. The number of rotatable bonds is 12. The molecule has 6 N–H and O–H groups in total. The number of unbranched alkanes of at least 4 members (excludes halogenated alkanes) is 2. The first-order valence-electron chi connectivity index (χ1n) is 13.6. The van der Waals surface area contributed by atoms with Crippen LogP contribution in [0.2, 0.25) is 0 Å². The molecular formula is C30H44N2O6S. The summed E-state index contributed by atoms with van der Waals surface area (Å²) in [5.74, 6) is 0. The standard InChI is InChI=1S/C30H44N2O6S/c1-19-9-14-22(27-25(35)24(34)26(36)28(38-27)39-4)17-23(19)16-21-12-10-20(11-13-21)8-6-5-7-15-31-29(37)32-30(2,3)18-33/h9-14,17,24-28,33-36H,5-8,15-16,18H2,1-4H3,(H2,31,32,37)/t24-,25-,26+,27+,28-/m1/s1. The van der Waals surface area contributed by atoms with Gasteiger partial charge in [0.05, 0.1) is 12.1 Å². The van der Waals surface area contributed by atoms with E-state index in [1.165, 1.54) is 22.9 Å². The lowest BCUT2D eigenvalue weighted by Crippen LogP contribution is -2.52. The van der Waals surface area contributed by atoms with Crippen molar-refractivity contribution in [3.05, 3.63) is 70.3 Å². The molecule has 1 fully saturated rings. The van der Waals surface area contributed by atoms with Gasteiger partial charge in [0.25, 0.3) is 0 Å². The van der Waals surface area contributed by atoms with Crippen LogP contribution in [0.15, 0.2) is 42.5 Å². The lowest BCUT2D eigenvalue weighted by molar-refractivity contribution is -0.200. The van der Waals surface area contributed by atoms with Crippen LogP contribution in [0.5, 0.6) is 0 Å². The lowest BCUT2D eigenvalue weighted by Gasteiger charge is -2.40. The van der Waals surface area contributed by atoms with E-state index in [0.29, 0.717) is 6.54 Å². The van der Waals surface area contributed by atoms with E-state index in [-0.39, 0.29) is 12.6 Å². The molecule has 1 aliphatic heterocycles. The Balaban J connectivity index is 1.49. The molecule has 2 aromatic carbocycles. The van der Waals surface area contributed by atoms with Gasteiger partial charge in [0.15, 0.2) is 0 Å². The zero-order valence-corrected chi connectivity index (χ0v) is 24.2. The summed E-state index contributed by atoms with van der Waals surface area (Å²) in [7, 11) is 0. The van der Waals surface area contributed by atoms with E-state index in [9.17, 15) is 25.2 Å². The van der Waals surface area contributed by atoms with Gasteiger partial charge in [-0.1, -0.05) is 48.9 Å². The van der Waals surface area contributed by atoms with Crippen molar-refractivity contribution >= 4 is 17.8 Å². The molecule has 5 atom stereocenters. The second-order valence-corrected chi connectivity index (χ2v) is 12.0. The van der Waals surface area contributed by atoms with E-state index >= 15 is 0 Å². The minimum Gasteiger partial charge on any atom is -0.394 e. The third-order valence-electron chi connectivity index (χ3n) is 7.20. The number of carbonyl (C=O) groups excluding carboxylic acids is 1. The monoisotopic (exact) mass is 560 g/mol. The van der Waals surface area contributed by atoms with Crippen molar-refractivity contribution < 1.29 is 30.0 Å². The van der Waals surface area contributed by atoms with Gasteiger partial charge < -0.3 is 35.8 Å². The molecule has 0 bridgehead atoms. The maximum atomic E-state index is 11.8. The Kier molecular flexibility index (Phi) is 11.7. The minimum atomic E-state index is -1.27. The molecule has 2 aromatic rings. The van der Waals surface area contributed by atoms with Crippen LogP contribution in [0.3, 0.4) is 0 Å². The molecule has 0 aliphatic carbocycles. The second-order valence-electron chi connectivity index (χ2n) is 11.0. The van der Waals surface area contributed by atoms with Gasteiger partial charge in [-0.05, 0) is 80.5 Å². The van der Waals surface area contributed by atoms with Gasteiger partial charge in [0.1, 0.15) is 29.9 Å². The molecule has 216 valence electrons. The van der Waals surface area contributed by atoms with Crippen molar-refractivity contribution in [3.8, 4) is 0 Å². The average Bonchev–Trinajstić information content (AvgIpc) is 2.91. The largest absolute Gasteiger partial charge is 0.394 e. The van der Waals surface area contributed by atoms with Gasteiger partial charge in [0, 0.05) is 6.54 Å². The Morgan fingerprint density at radius 3 is 2.33 bits per heavy atom. The molecule has 1 aliphatic rings. The van der Waals surface area contributed by atoms with Gasteiger partial charge >= 0.3 is 6.03 Å². The van der Waals surface area contributed by atoms with Crippen LogP contribution in [0, 0.1) is 6.92 Å². The van der Waals surface area contributed by atoms with Crippen molar-refractivity contribution in [1.29, 1.82) is 0 Å². The maximum Gasteiger partial charge on any atom is 0.315 e. The van der Waals surface area contributed by atoms with Crippen LogP contribution < -0.4 is 10.6 Å². The van der Waals surface area contributed by atoms with Crippen LogP contribution in [0.4, 0.5) is 4.79 Å². The summed E-state index contributed by atoms with van der Waals surface area (Å²) in [6.07, 6.45) is 2.14. The third kappa shape index (κ3) is 8.93. The molecule has 2 amide bonds. The number of benzene rings is 2. The number of amides is 2. The van der Waals surface area contributed by atoms with Gasteiger partial charge in [0.2, 0.25) is 0 Å². The fourth-order valence-electron chi connectivity index (χ4n) is 4.64. The fourth-order valence-corrected chi connectivity index (χ4v) is 5.32. The molecular weight excluding hydrogens is 516 g/mol. The molecule has 0 unspecified atom stereocenters. The van der Waals surface area contributed by atoms with E-state index in [1.54, 1.807) is 20.1 Å². The second kappa shape index (κ2) is 14.5. The number of aryl methyl sites for hydroxylation is 2. The van der Waals surface area contributed by atoms with Crippen molar-refractivity contribution in [2.45, 2.75) is 88.3 Å². The van der Waals surface area contributed by atoms with Crippen LogP contribution in [0.25, 0.3) is 0 Å². The Labute approximate surface area is 236 Å². The first-order valence-corrected chi connectivity index (χ1v) is 14.9. The third-order valence-corrected chi connectivity index (χ3v) is 8.05. The summed E-state index contributed by atoms with van der Waals surface area (Å²) in [6, 6.07) is 14.3. The molecule has 39 heavy (non-hydrogen) atoms. The Bertz CT molecular complexity index is 1060. The smallest absolute Gasteiger partial charge is 0.315 e. The number of aliphatic hydroxyl groups excluding tert-OH is 4. The predicted octanol–water partition coefficient (Wildman–Crippen LogP) is 3.21. The molecule has 1 heterocycles. The first kappa shape index (κ1) is 31.4. The SMILES string of the molecule is CS[C@H]1O[C@@H](c2ccc(C)c(Cc3ccc(CCCCCNC(=O)NC(C)(C)CO)cc3)c2)[C@H](O)[C@@H](O)[C@@H]1O. The zero-order valence-electron chi connectivity index (χ0n) is 23.4. The number of ether oxygens (including phenoxy) is 1. The quantitative estimate of drug-likeness (QED) is 0.220. The Morgan fingerprint density at radius 2 is 1.67 bits per heavy atom.